The molecule has 2 aromatic carbocycles. The Labute approximate surface area is 129 Å². The zero-order valence-electron chi connectivity index (χ0n) is 12.6. The van der Waals surface area contributed by atoms with Crippen molar-refractivity contribution in [2.45, 2.75) is 19.8 Å². The topological polar surface area (TPSA) is 46.2 Å². The number of carbonyl (C=O) groups is 2. The van der Waals surface area contributed by atoms with Crippen molar-refractivity contribution in [3.63, 3.8) is 0 Å². The van der Waals surface area contributed by atoms with Gasteiger partial charge in [-0.05, 0) is 23.6 Å². The van der Waals surface area contributed by atoms with Crippen molar-refractivity contribution >= 4 is 17.3 Å². The molecule has 3 rings (SSSR count). The van der Waals surface area contributed by atoms with Gasteiger partial charge in [-0.1, -0.05) is 50.2 Å². The maximum atomic E-state index is 12.5. The Balaban J connectivity index is 1.87. The molecule has 0 saturated heterocycles. The van der Waals surface area contributed by atoms with E-state index in [4.69, 9.17) is 0 Å². The van der Waals surface area contributed by atoms with Gasteiger partial charge >= 0.3 is 0 Å². The molecule has 0 heterocycles. The Bertz CT molecular complexity index is 770. The predicted octanol–water partition coefficient (Wildman–Crippen LogP) is 4.19. The van der Waals surface area contributed by atoms with Gasteiger partial charge in [0.2, 0.25) is 5.78 Å². The molecule has 3 nitrogen and oxygen atoms in total. The summed E-state index contributed by atoms with van der Waals surface area (Å²) in [6.07, 6.45) is 1.38. The molecule has 3 heteroatoms. The van der Waals surface area contributed by atoms with Crippen LogP contribution in [0.3, 0.4) is 0 Å². The Hall–Kier alpha value is -2.68. The van der Waals surface area contributed by atoms with E-state index in [0.717, 1.165) is 5.69 Å². The average molecular weight is 291 g/mol. The van der Waals surface area contributed by atoms with E-state index in [1.165, 1.54) is 11.6 Å². The standard InChI is InChI=1S/C19H17NO2/c1-12(2)13-7-9-14(10-8-13)20-17-11-18(21)15-5-3-4-6-16(15)19(17)22/h3-12,20H,1-2H3. The summed E-state index contributed by atoms with van der Waals surface area (Å²) in [6, 6.07) is 14.8. The molecule has 2 aromatic rings. The minimum Gasteiger partial charge on any atom is -0.352 e. The smallest absolute Gasteiger partial charge is 0.210 e. The van der Waals surface area contributed by atoms with Gasteiger partial charge < -0.3 is 5.32 Å². The van der Waals surface area contributed by atoms with E-state index in [-0.39, 0.29) is 11.6 Å². The molecule has 0 spiro atoms. The van der Waals surface area contributed by atoms with Gasteiger partial charge in [0.25, 0.3) is 0 Å². The van der Waals surface area contributed by atoms with Crippen molar-refractivity contribution in [3.8, 4) is 0 Å². The lowest BCUT2D eigenvalue weighted by Gasteiger charge is -2.16. The number of Topliss-reactive ketones (excluding diaryl/α,β-unsaturated/α-hetero) is 1. The van der Waals surface area contributed by atoms with Crippen molar-refractivity contribution in [1.29, 1.82) is 0 Å². The molecule has 0 bridgehead atoms. The zero-order chi connectivity index (χ0) is 15.7. The fourth-order valence-electron chi connectivity index (χ4n) is 2.52. The first kappa shape index (κ1) is 14.3. The number of allylic oxidation sites excluding steroid dienone is 2. The van der Waals surface area contributed by atoms with Crippen LogP contribution in [0, 0.1) is 0 Å². The normalized spacial score (nSPS) is 13.9. The molecule has 0 radical (unpaired) electrons. The van der Waals surface area contributed by atoms with Crippen LogP contribution in [0.15, 0.2) is 60.3 Å². The van der Waals surface area contributed by atoms with Crippen LogP contribution in [0.2, 0.25) is 0 Å². The van der Waals surface area contributed by atoms with E-state index in [1.807, 2.05) is 24.3 Å². The summed E-state index contributed by atoms with van der Waals surface area (Å²) in [5.74, 6) is 0.165. The SMILES string of the molecule is CC(C)c1ccc(NC2=CC(=O)c3ccccc3C2=O)cc1. The van der Waals surface area contributed by atoms with Crippen LogP contribution in [0.25, 0.3) is 0 Å². The summed E-state index contributed by atoms with van der Waals surface area (Å²) in [4.78, 5) is 24.6. The van der Waals surface area contributed by atoms with E-state index in [1.54, 1.807) is 24.3 Å². The molecule has 0 saturated carbocycles. The quantitative estimate of drug-likeness (QED) is 0.922. The monoisotopic (exact) mass is 291 g/mol. The van der Waals surface area contributed by atoms with Gasteiger partial charge in [0.15, 0.2) is 5.78 Å². The Kier molecular flexibility index (Phi) is 3.63. The van der Waals surface area contributed by atoms with E-state index < -0.39 is 0 Å². The van der Waals surface area contributed by atoms with Crippen molar-refractivity contribution in [3.05, 3.63) is 77.0 Å². The van der Waals surface area contributed by atoms with Crippen molar-refractivity contribution in [2.75, 3.05) is 5.32 Å². The fourth-order valence-corrected chi connectivity index (χ4v) is 2.52. The maximum absolute atomic E-state index is 12.5. The second kappa shape index (κ2) is 5.60. The van der Waals surface area contributed by atoms with Crippen LogP contribution >= 0.6 is 0 Å². The van der Waals surface area contributed by atoms with Gasteiger partial charge in [-0.25, -0.2) is 0 Å². The summed E-state index contributed by atoms with van der Waals surface area (Å²) in [5.41, 5.74) is 3.28. The highest BCUT2D eigenvalue weighted by atomic mass is 16.1. The maximum Gasteiger partial charge on any atom is 0.210 e. The predicted molar refractivity (Wildman–Crippen MR) is 87.3 cm³/mol. The van der Waals surface area contributed by atoms with Crippen molar-refractivity contribution < 1.29 is 9.59 Å². The number of hydrogen-bond donors (Lipinski definition) is 1. The lowest BCUT2D eigenvalue weighted by atomic mass is 9.92. The van der Waals surface area contributed by atoms with E-state index >= 15 is 0 Å². The molecule has 1 aliphatic carbocycles. The van der Waals surface area contributed by atoms with Gasteiger partial charge in [-0.15, -0.1) is 0 Å². The van der Waals surface area contributed by atoms with E-state index in [0.29, 0.717) is 22.7 Å². The summed E-state index contributed by atoms with van der Waals surface area (Å²) in [7, 11) is 0. The van der Waals surface area contributed by atoms with Crippen LogP contribution in [0.4, 0.5) is 5.69 Å². The van der Waals surface area contributed by atoms with Gasteiger partial charge in [0.05, 0.1) is 5.70 Å². The number of carbonyl (C=O) groups excluding carboxylic acids is 2. The highest BCUT2D eigenvalue weighted by molar-refractivity contribution is 6.25. The van der Waals surface area contributed by atoms with Crippen LogP contribution in [0.1, 0.15) is 46.0 Å². The lowest BCUT2D eigenvalue weighted by Crippen LogP contribution is -2.21. The Morgan fingerprint density at radius 3 is 2.14 bits per heavy atom. The number of nitrogens with one attached hydrogen (secondary N) is 1. The number of rotatable bonds is 3. The first-order valence-electron chi connectivity index (χ1n) is 7.33. The average Bonchev–Trinajstić information content (AvgIpc) is 2.53. The fraction of sp³-hybridized carbons (Fsp3) is 0.158. The second-order valence-electron chi connectivity index (χ2n) is 5.70. The van der Waals surface area contributed by atoms with E-state index in [9.17, 15) is 9.59 Å². The van der Waals surface area contributed by atoms with Crippen LogP contribution in [-0.2, 0) is 0 Å². The summed E-state index contributed by atoms with van der Waals surface area (Å²) < 4.78 is 0. The molecule has 0 fully saturated rings. The van der Waals surface area contributed by atoms with Gasteiger partial charge in [-0.2, -0.15) is 0 Å². The molecule has 0 aromatic heterocycles. The lowest BCUT2D eigenvalue weighted by molar-refractivity contribution is 0.0985. The number of benzene rings is 2. The van der Waals surface area contributed by atoms with Crippen LogP contribution in [0.5, 0.6) is 0 Å². The van der Waals surface area contributed by atoms with Gasteiger partial charge in [-0.3, -0.25) is 9.59 Å². The third kappa shape index (κ3) is 2.58. The largest absolute Gasteiger partial charge is 0.352 e. The van der Waals surface area contributed by atoms with Crippen molar-refractivity contribution in [1.82, 2.24) is 0 Å². The van der Waals surface area contributed by atoms with Gasteiger partial charge in [0, 0.05) is 22.9 Å². The molecule has 0 atom stereocenters. The van der Waals surface area contributed by atoms with Crippen LogP contribution < -0.4 is 5.32 Å². The number of hydrogen-bond acceptors (Lipinski definition) is 3. The summed E-state index contributed by atoms with van der Waals surface area (Å²) in [5, 5.41) is 3.06. The number of ketones is 2. The zero-order valence-corrected chi connectivity index (χ0v) is 12.6. The summed E-state index contributed by atoms with van der Waals surface area (Å²) >= 11 is 0. The molecule has 1 aliphatic rings. The highest BCUT2D eigenvalue weighted by Crippen LogP contribution is 2.23. The Morgan fingerprint density at radius 2 is 1.50 bits per heavy atom. The first-order valence-corrected chi connectivity index (χ1v) is 7.33. The number of fused-ring (bicyclic) bond motifs is 1. The molecular formula is C19H17NO2. The van der Waals surface area contributed by atoms with Crippen LogP contribution in [-0.4, -0.2) is 11.6 Å². The third-order valence-electron chi connectivity index (χ3n) is 3.81. The molecule has 110 valence electrons. The highest BCUT2D eigenvalue weighted by Gasteiger charge is 2.25. The first-order chi connectivity index (χ1) is 10.6. The minimum atomic E-state index is -0.150. The molecule has 1 N–H and O–H groups in total. The molecule has 0 aliphatic heterocycles. The summed E-state index contributed by atoms with van der Waals surface area (Å²) in [6.45, 7) is 4.26. The second-order valence-corrected chi connectivity index (χ2v) is 5.70. The third-order valence-corrected chi connectivity index (χ3v) is 3.81. The molecule has 0 unspecified atom stereocenters. The van der Waals surface area contributed by atoms with Crippen molar-refractivity contribution in [2.24, 2.45) is 0 Å². The molecule has 0 amide bonds. The van der Waals surface area contributed by atoms with Gasteiger partial charge in [0.1, 0.15) is 0 Å². The minimum absolute atomic E-state index is 0.142. The number of anilines is 1. The Morgan fingerprint density at radius 1 is 0.864 bits per heavy atom. The molecule has 22 heavy (non-hydrogen) atoms. The molecular weight excluding hydrogens is 274 g/mol. The van der Waals surface area contributed by atoms with E-state index in [2.05, 4.69) is 19.2 Å².